The van der Waals surface area contributed by atoms with E-state index in [0.717, 1.165) is 30.9 Å². The highest BCUT2D eigenvalue weighted by molar-refractivity contribution is 5.31. The van der Waals surface area contributed by atoms with Crippen molar-refractivity contribution in [3.05, 3.63) is 59.4 Å². The SMILES string of the molecule is CCCCCCOc1ccc(Cc2ccc(C)nc2)cc1. The van der Waals surface area contributed by atoms with Gasteiger partial charge in [-0.3, -0.25) is 4.98 Å². The third-order valence-electron chi connectivity index (χ3n) is 3.57. The normalized spacial score (nSPS) is 10.6. The first kappa shape index (κ1) is 15.6. The van der Waals surface area contributed by atoms with Crippen LogP contribution in [0, 0.1) is 6.92 Å². The van der Waals surface area contributed by atoms with Gasteiger partial charge < -0.3 is 4.74 Å². The molecule has 0 fully saturated rings. The van der Waals surface area contributed by atoms with E-state index in [0.29, 0.717) is 0 Å². The Bertz CT molecular complexity index is 516. The van der Waals surface area contributed by atoms with Gasteiger partial charge in [-0.1, -0.05) is 44.4 Å². The van der Waals surface area contributed by atoms with Gasteiger partial charge in [0.2, 0.25) is 0 Å². The van der Waals surface area contributed by atoms with Crippen molar-refractivity contribution >= 4 is 0 Å². The fourth-order valence-corrected chi connectivity index (χ4v) is 2.26. The highest BCUT2D eigenvalue weighted by Crippen LogP contribution is 2.15. The average molecular weight is 283 g/mol. The lowest BCUT2D eigenvalue weighted by Crippen LogP contribution is -1.97. The number of hydrogen-bond acceptors (Lipinski definition) is 2. The first-order valence-electron chi connectivity index (χ1n) is 7.91. The van der Waals surface area contributed by atoms with Crippen LogP contribution in [-0.4, -0.2) is 11.6 Å². The van der Waals surface area contributed by atoms with E-state index in [4.69, 9.17) is 4.74 Å². The molecular weight excluding hydrogens is 258 g/mol. The summed E-state index contributed by atoms with van der Waals surface area (Å²) in [6, 6.07) is 12.6. The summed E-state index contributed by atoms with van der Waals surface area (Å²) in [6.45, 7) is 5.06. The van der Waals surface area contributed by atoms with Crippen LogP contribution < -0.4 is 4.74 Å². The highest BCUT2D eigenvalue weighted by Gasteiger charge is 1.99. The number of nitrogens with zero attached hydrogens (tertiary/aromatic N) is 1. The summed E-state index contributed by atoms with van der Waals surface area (Å²) >= 11 is 0. The number of aryl methyl sites for hydroxylation is 1. The minimum atomic E-state index is 0.821. The second-order valence-corrected chi connectivity index (χ2v) is 5.54. The molecule has 2 nitrogen and oxygen atoms in total. The van der Waals surface area contributed by atoms with Gasteiger partial charge in [-0.05, 0) is 49.1 Å². The van der Waals surface area contributed by atoms with E-state index in [1.165, 1.54) is 30.4 Å². The van der Waals surface area contributed by atoms with Crippen molar-refractivity contribution in [2.75, 3.05) is 6.61 Å². The number of aromatic nitrogens is 1. The van der Waals surface area contributed by atoms with Crippen molar-refractivity contribution in [1.82, 2.24) is 4.98 Å². The van der Waals surface area contributed by atoms with Gasteiger partial charge in [-0.15, -0.1) is 0 Å². The van der Waals surface area contributed by atoms with Crippen molar-refractivity contribution in [2.45, 2.75) is 46.0 Å². The Hall–Kier alpha value is -1.83. The number of benzene rings is 1. The molecule has 112 valence electrons. The second-order valence-electron chi connectivity index (χ2n) is 5.54. The van der Waals surface area contributed by atoms with Crippen LogP contribution in [0.3, 0.4) is 0 Å². The van der Waals surface area contributed by atoms with E-state index >= 15 is 0 Å². The maximum Gasteiger partial charge on any atom is 0.119 e. The van der Waals surface area contributed by atoms with Crippen molar-refractivity contribution in [1.29, 1.82) is 0 Å². The molecule has 21 heavy (non-hydrogen) atoms. The van der Waals surface area contributed by atoms with Crippen molar-refractivity contribution in [2.24, 2.45) is 0 Å². The van der Waals surface area contributed by atoms with Crippen molar-refractivity contribution in [3.63, 3.8) is 0 Å². The van der Waals surface area contributed by atoms with Gasteiger partial charge in [0.1, 0.15) is 5.75 Å². The zero-order valence-electron chi connectivity index (χ0n) is 13.1. The van der Waals surface area contributed by atoms with Crippen LogP contribution >= 0.6 is 0 Å². The Morgan fingerprint density at radius 1 is 0.905 bits per heavy atom. The van der Waals surface area contributed by atoms with E-state index < -0.39 is 0 Å². The summed E-state index contributed by atoms with van der Waals surface area (Å²) in [6.07, 6.45) is 7.84. The highest BCUT2D eigenvalue weighted by atomic mass is 16.5. The van der Waals surface area contributed by atoms with E-state index in [9.17, 15) is 0 Å². The third kappa shape index (κ3) is 5.58. The van der Waals surface area contributed by atoms with Gasteiger partial charge in [0.05, 0.1) is 6.61 Å². The summed E-state index contributed by atoms with van der Waals surface area (Å²) < 4.78 is 5.76. The van der Waals surface area contributed by atoms with Gasteiger partial charge in [0.15, 0.2) is 0 Å². The van der Waals surface area contributed by atoms with E-state index in [2.05, 4.69) is 48.3 Å². The quantitative estimate of drug-likeness (QED) is 0.640. The summed E-state index contributed by atoms with van der Waals surface area (Å²) in [5.74, 6) is 0.970. The molecule has 0 amide bonds. The molecule has 2 rings (SSSR count). The predicted molar refractivity (Wildman–Crippen MR) is 87.9 cm³/mol. The lowest BCUT2D eigenvalue weighted by atomic mass is 10.1. The molecule has 1 heterocycles. The summed E-state index contributed by atoms with van der Waals surface area (Å²) in [4.78, 5) is 4.33. The topological polar surface area (TPSA) is 22.1 Å². The predicted octanol–water partition coefficient (Wildman–Crippen LogP) is 4.94. The number of hydrogen-bond donors (Lipinski definition) is 0. The minimum absolute atomic E-state index is 0.821. The van der Waals surface area contributed by atoms with E-state index in [-0.39, 0.29) is 0 Å². The van der Waals surface area contributed by atoms with Crippen LogP contribution in [-0.2, 0) is 6.42 Å². The lowest BCUT2D eigenvalue weighted by molar-refractivity contribution is 0.305. The summed E-state index contributed by atoms with van der Waals surface area (Å²) in [7, 11) is 0. The van der Waals surface area contributed by atoms with Crippen molar-refractivity contribution in [3.8, 4) is 5.75 Å². The first-order valence-corrected chi connectivity index (χ1v) is 7.91. The van der Waals surface area contributed by atoms with Gasteiger partial charge >= 0.3 is 0 Å². The van der Waals surface area contributed by atoms with Crippen LogP contribution in [0.15, 0.2) is 42.6 Å². The Kier molecular flexibility index (Phi) is 6.26. The first-order chi connectivity index (χ1) is 10.3. The van der Waals surface area contributed by atoms with Crippen LogP contribution in [0.2, 0.25) is 0 Å². The largest absolute Gasteiger partial charge is 0.494 e. The standard InChI is InChI=1S/C19H25NO/c1-3-4-5-6-13-21-19-11-9-17(10-12-19)14-18-8-7-16(2)20-15-18/h7-12,15H,3-6,13-14H2,1-2H3. The molecule has 0 aliphatic carbocycles. The monoisotopic (exact) mass is 283 g/mol. The van der Waals surface area contributed by atoms with Gasteiger partial charge in [0.25, 0.3) is 0 Å². The third-order valence-corrected chi connectivity index (χ3v) is 3.57. The molecule has 1 aromatic heterocycles. The number of ether oxygens (including phenoxy) is 1. The Morgan fingerprint density at radius 2 is 1.67 bits per heavy atom. The molecule has 0 bridgehead atoms. The fraction of sp³-hybridized carbons (Fsp3) is 0.421. The maximum atomic E-state index is 5.76. The van der Waals surface area contributed by atoms with E-state index in [1.54, 1.807) is 0 Å². The average Bonchev–Trinajstić information content (AvgIpc) is 2.51. The Morgan fingerprint density at radius 3 is 2.33 bits per heavy atom. The molecule has 0 saturated carbocycles. The molecule has 0 aliphatic heterocycles. The Labute approximate surface area is 128 Å². The molecule has 2 heteroatoms. The number of unbranched alkanes of at least 4 members (excludes halogenated alkanes) is 3. The molecule has 1 aromatic carbocycles. The molecule has 0 N–H and O–H groups in total. The molecule has 0 saturated heterocycles. The van der Waals surface area contributed by atoms with Gasteiger partial charge in [-0.2, -0.15) is 0 Å². The molecular formula is C19H25NO. The van der Waals surface area contributed by atoms with Crippen LogP contribution in [0.5, 0.6) is 5.75 Å². The summed E-state index contributed by atoms with van der Waals surface area (Å²) in [5.41, 5.74) is 3.60. The number of rotatable bonds is 8. The summed E-state index contributed by atoms with van der Waals surface area (Å²) in [5, 5.41) is 0. The van der Waals surface area contributed by atoms with Crippen LogP contribution in [0.25, 0.3) is 0 Å². The molecule has 0 spiro atoms. The zero-order chi connectivity index (χ0) is 14.9. The minimum Gasteiger partial charge on any atom is -0.494 e. The molecule has 0 aliphatic rings. The molecule has 0 atom stereocenters. The fourth-order valence-electron chi connectivity index (χ4n) is 2.26. The van der Waals surface area contributed by atoms with Crippen LogP contribution in [0.1, 0.15) is 49.4 Å². The second kappa shape index (κ2) is 8.46. The van der Waals surface area contributed by atoms with E-state index in [1.807, 2.05) is 13.1 Å². The lowest BCUT2D eigenvalue weighted by Gasteiger charge is -2.07. The Balaban J connectivity index is 1.80. The zero-order valence-corrected chi connectivity index (χ0v) is 13.1. The molecule has 0 radical (unpaired) electrons. The maximum absolute atomic E-state index is 5.76. The molecule has 2 aromatic rings. The smallest absolute Gasteiger partial charge is 0.119 e. The number of pyridine rings is 1. The van der Waals surface area contributed by atoms with Gasteiger partial charge in [-0.25, -0.2) is 0 Å². The van der Waals surface area contributed by atoms with Gasteiger partial charge in [0, 0.05) is 11.9 Å². The molecule has 0 unspecified atom stereocenters. The van der Waals surface area contributed by atoms with Crippen LogP contribution in [0.4, 0.5) is 0 Å². The van der Waals surface area contributed by atoms with Crippen molar-refractivity contribution < 1.29 is 4.74 Å².